The van der Waals surface area contributed by atoms with E-state index in [0.717, 1.165) is 11.3 Å². The first kappa shape index (κ1) is 13.9. The van der Waals surface area contributed by atoms with Gasteiger partial charge < -0.3 is 9.15 Å². The van der Waals surface area contributed by atoms with Gasteiger partial charge in [0.15, 0.2) is 0 Å². The number of amides is 1. The number of aryl methyl sites for hydroxylation is 1. The van der Waals surface area contributed by atoms with Gasteiger partial charge in [0.25, 0.3) is 5.91 Å². The number of nitrogens with one attached hydrogen (secondary N) is 1. The number of rotatable bonds is 5. The second kappa shape index (κ2) is 6.56. The number of para-hydroxylation sites is 1. The van der Waals surface area contributed by atoms with E-state index in [1.807, 2.05) is 31.2 Å². The van der Waals surface area contributed by atoms with E-state index in [-0.39, 0.29) is 5.91 Å². The molecule has 5 nitrogen and oxygen atoms in total. The fourth-order valence-corrected chi connectivity index (χ4v) is 1.72. The fourth-order valence-electron chi connectivity index (χ4n) is 1.72. The molecule has 20 heavy (non-hydrogen) atoms. The van der Waals surface area contributed by atoms with E-state index in [0.29, 0.717) is 17.9 Å². The number of hydrazone groups is 1. The maximum atomic E-state index is 11.8. The Hall–Kier alpha value is -2.56. The van der Waals surface area contributed by atoms with Crippen molar-refractivity contribution < 1.29 is 13.9 Å². The molecule has 0 spiro atoms. The van der Waals surface area contributed by atoms with Crippen LogP contribution in [0.2, 0.25) is 0 Å². The van der Waals surface area contributed by atoms with Gasteiger partial charge in [-0.05, 0) is 32.0 Å². The number of carbonyl (C=O) groups is 1. The summed E-state index contributed by atoms with van der Waals surface area (Å²) in [5.74, 6) is 0.987. The summed E-state index contributed by atoms with van der Waals surface area (Å²) in [5.41, 5.74) is 3.74. The summed E-state index contributed by atoms with van der Waals surface area (Å²) >= 11 is 0. The zero-order valence-electron chi connectivity index (χ0n) is 11.4. The third-order valence-electron chi connectivity index (χ3n) is 2.69. The predicted octanol–water partition coefficient (Wildman–Crippen LogP) is 2.75. The largest absolute Gasteiger partial charge is 0.493 e. The summed E-state index contributed by atoms with van der Waals surface area (Å²) in [6, 6.07) is 9.09. The van der Waals surface area contributed by atoms with Crippen LogP contribution in [0.1, 0.15) is 28.6 Å². The van der Waals surface area contributed by atoms with Crippen molar-refractivity contribution in [3.05, 3.63) is 53.5 Å². The standard InChI is InChI=1S/C15H16N2O3/c1-3-19-14-7-5-4-6-12(14)10-16-17-15(18)13-8-9-20-11(13)2/h4-10H,3H2,1-2H3,(H,17,18)/b16-10-. The van der Waals surface area contributed by atoms with Crippen molar-refractivity contribution >= 4 is 12.1 Å². The molecule has 2 aromatic rings. The van der Waals surface area contributed by atoms with Crippen molar-refractivity contribution in [2.45, 2.75) is 13.8 Å². The van der Waals surface area contributed by atoms with Crippen LogP contribution >= 0.6 is 0 Å². The summed E-state index contributed by atoms with van der Waals surface area (Å²) in [5, 5.41) is 3.94. The molecular formula is C15H16N2O3. The van der Waals surface area contributed by atoms with Gasteiger partial charge in [0.2, 0.25) is 0 Å². The Morgan fingerprint density at radius 2 is 2.20 bits per heavy atom. The summed E-state index contributed by atoms with van der Waals surface area (Å²) in [6.07, 6.45) is 3.02. The molecule has 0 saturated carbocycles. The lowest BCUT2D eigenvalue weighted by Gasteiger charge is -2.05. The topological polar surface area (TPSA) is 63.8 Å². The second-order valence-electron chi connectivity index (χ2n) is 4.06. The molecule has 1 N–H and O–H groups in total. The summed E-state index contributed by atoms with van der Waals surface area (Å²) in [6.45, 7) is 4.21. The van der Waals surface area contributed by atoms with Crippen LogP contribution in [0.5, 0.6) is 5.75 Å². The lowest BCUT2D eigenvalue weighted by Crippen LogP contribution is -2.17. The Labute approximate surface area is 117 Å². The van der Waals surface area contributed by atoms with E-state index in [1.165, 1.54) is 6.26 Å². The number of hydrogen-bond donors (Lipinski definition) is 1. The monoisotopic (exact) mass is 272 g/mol. The lowest BCUT2D eigenvalue weighted by molar-refractivity contribution is 0.0953. The van der Waals surface area contributed by atoms with Gasteiger partial charge in [0.05, 0.1) is 24.6 Å². The molecule has 1 aromatic heterocycles. The van der Waals surface area contributed by atoms with Crippen LogP contribution in [0, 0.1) is 6.92 Å². The zero-order valence-corrected chi connectivity index (χ0v) is 11.4. The number of hydrogen-bond acceptors (Lipinski definition) is 4. The van der Waals surface area contributed by atoms with Gasteiger partial charge in [-0.15, -0.1) is 0 Å². The highest BCUT2D eigenvalue weighted by molar-refractivity contribution is 5.95. The Morgan fingerprint density at radius 3 is 2.90 bits per heavy atom. The molecule has 0 radical (unpaired) electrons. The van der Waals surface area contributed by atoms with Crippen molar-refractivity contribution in [3.63, 3.8) is 0 Å². The Kier molecular flexibility index (Phi) is 4.55. The van der Waals surface area contributed by atoms with E-state index in [1.54, 1.807) is 19.2 Å². The quantitative estimate of drug-likeness (QED) is 0.672. The molecule has 0 saturated heterocycles. The van der Waals surface area contributed by atoms with Crippen LogP contribution < -0.4 is 10.2 Å². The third kappa shape index (κ3) is 3.26. The highest BCUT2D eigenvalue weighted by Gasteiger charge is 2.09. The highest BCUT2D eigenvalue weighted by atomic mass is 16.5. The minimum atomic E-state index is -0.304. The fraction of sp³-hybridized carbons (Fsp3) is 0.200. The van der Waals surface area contributed by atoms with Gasteiger partial charge in [-0.25, -0.2) is 5.43 Å². The first-order valence-electron chi connectivity index (χ1n) is 6.31. The number of carbonyl (C=O) groups excluding carboxylic acids is 1. The summed E-state index contributed by atoms with van der Waals surface area (Å²) in [4.78, 5) is 11.8. The molecule has 0 unspecified atom stereocenters. The average molecular weight is 272 g/mol. The van der Waals surface area contributed by atoms with Crippen LogP contribution in [0.3, 0.4) is 0 Å². The zero-order chi connectivity index (χ0) is 14.4. The maximum absolute atomic E-state index is 11.8. The molecule has 0 aliphatic heterocycles. The predicted molar refractivity (Wildman–Crippen MR) is 76.1 cm³/mol. The van der Waals surface area contributed by atoms with E-state index in [4.69, 9.17) is 9.15 Å². The van der Waals surface area contributed by atoms with Crippen LogP contribution in [0.25, 0.3) is 0 Å². The molecule has 1 amide bonds. The molecule has 0 fully saturated rings. The number of nitrogens with zero attached hydrogens (tertiary/aromatic N) is 1. The summed E-state index contributed by atoms with van der Waals surface area (Å²) in [7, 11) is 0. The second-order valence-corrected chi connectivity index (χ2v) is 4.06. The molecule has 0 bridgehead atoms. The maximum Gasteiger partial charge on any atom is 0.274 e. The summed E-state index contributed by atoms with van der Waals surface area (Å²) < 4.78 is 10.5. The van der Waals surface area contributed by atoms with E-state index >= 15 is 0 Å². The first-order chi connectivity index (χ1) is 9.72. The van der Waals surface area contributed by atoms with Gasteiger partial charge in [0.1, 0.15) is 11.5 Å². The van der Waals surface area contributed by atoms with Crippen molar-refractivity contribution in [2.24, 2.45) is 5.10 Å². The van der Waals surface area contributed by atoms with E-state index < -0.39 is 0 Å². The van der Waals surface area contributed by atoms with Gasteiger partial charge in [0, 0.05) is 5.56 Å². The Balaban J connectivity index is 2.04. The molecule has 104 valence electrons. The van der Waals surface area contributed by atoms with Crippen LogP contribution in [0.15, 0.2) is 46.1 Å². The molecule has 0 aliphatic rings. The molecule has 2 rings (SSSR count). The smallest absolute Gasteiger partial charge is 0.274 e. The van der Waals surface area contributed by atoms with Gasteiger partial charge in [-0.3, -0.25) is 4.79 Å². The van der Waals surface area contributed by atoms with Crippen molar-refractivity contribution in [2.75, 3.05) is 6.61 Å². The molecule has 1 heterocycles. The SMILES string of the molecule is CCOc1ccccc1/C=N\NC(=O)c1ccoc1C. The molecular weight excluding hydrogens is 256 g/mol. The minimum Gasteiger partial charge on any atom is -0.493 e. The number of ether oxygens (including phenoxy) is 1. The lowest BCUT2D eigenvalue weighted by atomic mass is 10.2. The molecule has 5 heteroatoms. The van der Waals surface area contributed by atoms with Gasteiger partial charge in [-0.1, -0.05) is 12.1 Å². The van der Waals surface area contributed by atoms with Gasteiger partial charge >= 0.3 is 0 Å². The molecule has 0 aliphatic carbocycles. The highest BCUT2D eigenvalue weighted by Crippen LogP contribution is 2.15. The van der Waals surface area contributed by atoms with Crippen LogP contribution in [-0.4, -0.2) is 18.7 Å². The Bertz CT molecular complexity index is 617. The minimum absolute atomic E-state index is 0.304. The average Bonchev–Trinajstić information content (AvgIpc) is 2.87. The van der Waals surface area contributed by atoms with Crippen LogP contribution in [0.4, 0.5) is 0 Å². The van der Waals surface area contributed by atoms with Crippen molar-refractivity contribution in [3.8, 4) is 5.75 Å². The normalized spacial score (nSPS) is 10.7. The van der Waals surface area contributed by atoms with E-state index in [2.05, 4.69) is 10.5 Å². The molecule has 1 aromatic carbocycles. The van der Waals surface area contributed by atoms with E-state index in [9.17, 15) is 4.79 Å². The number of benzene rings is 1. The molecule has 0 atom stereocenters. The van der Waals surface area contributed by atoms with Crippen LogP contribution in [-0.2, 0) is 0 Å². The third-order valence-corrected chi connectivity index (χ3v) is 2.69. The van der Waals surface area contributed by atoms with Crippen molar-refractivity contribution in [1.82, 2.24) is 5.43 Å². The number of furan rings is 1. The Morgan fingerprint density at radius 1 is 1.40 bits per heavy atom. The van der Waals surface area contributed by atoms with Gasteiger partial charge in [-0.2, -0.15) is 5.10 Å². The van der Waals surface area contributed by atoms with Crippen molar-refractivity contribution in [1.29, 1.82) is 0 Å². The first-order valence-corrected chi connectivity index (χ1v) is 6.31.